The Morgan fingerprint density at radius 1 is 1.37 bits per heavy atom. The molecule has 112 valence electrons. The van der Waals surface area contributed by atoms with Crippen molar-refractivity contribution >= 4 is 12.0 Å². The van der Waals surface area contributed by atoms with Crippen LogP contribution in [0.15, 0.2) is 0 Å². The molecule has 6 heteroatoms. The summed E-state index contributed by atoms with van der Waals surface area (Å²) in [5.41, 5.74) is -0.932. The number of methoxy groups -OCH3 is 1. The molecule has 0 aromatic heterocycles. The van der Waals surface area contributed by atoms with Crippen molar-refractivity contribution in [3.8, 4) is 0 Å². The number of urea groups is 1. The maximum absolute atomic E-state index is 11.7. The molecule has 0 aliphatic carbocycles. The van der Waals surface area contributed by atoms with Crippen LogP contribution in [0.2, 0.25) is 0 Å². The minimum atomic E-state index is -0.932. The molecular formula is C13H26N2O4. The summed E-state index contributed by atoms with van der Waals surface area (Å²) < 4.78 is 5.03. The van der Waals surface area contributed by atoms with Crippen molar-refractivity contribution in [2.24, 2.45) is 5.41 Å². The van der Waals surface area contributed by atoms with Gasteiger partial charge in [-0.25, -0.2) is 4.79 Å². The highest BCUT2D eigenvalue weighted by Crippen LogP contribution is 2.19. The van der Waals surface area contributed by atoms with Gasteiger partial charge in [0.2, 0.25) is 0 Å². The molecule has 0 radical (unpaired) electrons. The Balaban J connectivity index is 4.26. The van der Waals surface area contributed by atoms with Crippen molar-refractivity contribution in [3.63, 3.8) is 0 Å². The number of rotatable bonds is 9. The van der Waals surface area contributed by atoms with E-state index in [4.69, 9.17) is 9.84 Å². The summed E-state index contributed by atoms with van der Waals surface area (Å²) in [5.74, 6) is -0.905. The van der Waals surface area contributed by atoms with Crippen LogP contribution in [0, 0.1) is 5.41 Å². The lowest BCUT2D eigenvalue weighted by Crippen LogP contribution is -2.48. The molecule has 0 aliphatic rings. The average molecular weight is 274 g/mol. The predicted molar refractivity (Wildman–Crippen MR) is 73.1 cm³/mol. The van der Waals surface area contributed by atoms with Crippen LogP contribution < -0.4 is 10.6 Å². The minimum absolute atomic E-state index is 0.0484. The molecule has 0 aromatic carbocycles. The lowest BCUT2D eigenvalue weighted by atomic mass is 9.88. The summed E-state index contributed by atoms with van der Waals surface area (Å²) in [5, 5.41) is 14.5. The lowest BCUT2D eigenvalue weighted by molar-refractivity contribution is -0.147. The van der Waals surface area contributed by atoms with Crippen LogP contribution in [0.3, 0.4) is 0 Å². The largest absolute Gasteiger partial charge is 0.481 e. The third-order valence-electron chi connectivity index (χ3n) is 3.28. The SMILES string of the molecule is CCCC(COC)NC(=O)NCC(C)(CC)C(=O)O. The van der Waals surface area contributed by atoms with E-state index in [0.717, 1.165) is 12.8 Å². The zero-order valence-electron chi connectivity index (χ0n) is 12.3. The van der Waals surface area contributed by atoms with Crippen LogP contribution in [-0.4, -0.2) is 43.4 Å². The molecule has 3 N–H and O–H groups in total. The van der Waals surface area contributed by atoms with Crippen LogP contribution >= 0.6 is 0 Å². The Kier molecular flexibility index (Phi) is 8.14. The summed E-state index contributed by atoms with van der Waals surface area (Å²) in [4.78, 5) is 22.8. The number of carboxylic acid groups (broad SMARTS) is 1. The maximum Gasteiger partial charge on any atom is 0.315 e. The van der Waals surface area contributed by atoms with Gasteiger partial charge in [-0.15, -0.1) is 0 Å². The Labute approximate surface area is 114 Å². The van der Waals surface area contributed by atoms with Gasteiger partial charge < -0.3 is 20.5 Å². The zero-order valence-corrected chi connectivity index (χ0v) is 12.3. The van der Waals surface area contributed by atoms with E-state index in [1.807, 2.05) is 6.92 Å². The molecule has 19 heavy (non-hydrogen) atoms. The number of carbonyl (C=O) groups excluding carboxylic acids is 1. The van der Waals surface area contributed by atoms with Crippen LogP contribution in [0.5, 0.6) is 0 Å². The fourth-order valence-electron chi connectivity index (χ4n) is 1.61. The summed E-state index contributed by atoms with van der Waals surface area (Å²) in [7, 11) is 1.58. The minimum Gasteiger partial charge on any atom is -0.481 e. The molecule has 0 rings (SSSR count). The normalized spacial score (nSPS) is 15.4. The highest BCUT2D eigenvalue weighted by atomic mass is 16.5. The number of ether oxygens (including phenoxy) is 1. The van der Waals surface area contributed by atoms with Crippen molar-refractivity contribution in [1.29, 1.82) is 0 Å². The van der Waals surface area contributed by atoms with E-state index in [-0.39, 0.29) is 18.6 Å². The van der Waals surface area contributed by atoms with Gasteiger partial charge in [0.25, 0.3) is 0 Å². The van der Waals surface area contributed by atoms with Gasteiger partial charge in [0, 0.05) is 13.7 Å². The van der Waals surface area contributed by atoms with E-state index in [0.29, 0.717) is 13.0 Å². The predicted octanol–water partition coefficient (Wildman–Crippen LogP) is 1.60. The second kappa shape index (κ2) is 8.74. The Morgan fingerprint density at radius 2 is 2.00 bits per heavy atom. The fourth-order valence-corrected chi connectivity index (χ4v) is 1.61. The van der Waals surface area contributed by atoms with E-state index < -0.39 is 11.4 Å². The number of carbonyl (C=O) groups is 2. The highest BCUT2D eigenvalue weighted by Gasteiger charge is 2.31. The van der Waals surface area contributed by atoms with E-state index in [9.17, 15) is 9.59 Å². The van der Waals surface area contributed by atoms with Crippen molar-refractivity contribution in [2.75, 3.05) is 20.3 Å². The topological polar surface area (TPSA) is 87.7 Å². The van der Waals surface area contributed by atoms with E-state index >= 15 is 0 Å². The van der Waals surface area contributed by atoms with Gasteiger partial charge in [0.15, 0.2) is 0 Å². The summed E-state index contributed by atoms with van der Waals surface area (Å²) in [6.07, 6.45) is 2.22. The number of hydrogen-bond acceptors (Lipinski definition) is 3. The maximum atomic E-state index is 11.7. The van der Waals surface area contributed by atoms with E-state index in [2.05, 4.69) is 10.6 Å². The number of aliphatic carboxylic acids is 1. The molecule has 0 spiro atoms. The Hall–Kier alpha value is -1.30. The Bertz CT molecular complexity index is 290. The average Bonchev–Trinajstić information content (AvgIpc) is 2.36. The first kappa shape index (κ1) is 17.7. The number of amides is 2. The van der Waals surface area contributed by atoms with Gasteiger partial charge in [-0.1, -0.05) is 20.3 Å². The molecule has 0 bridgehead atoms. The summed E-state index contributed by atoms with van der Waals surface area (Å²) in [6.45, 7) is 6.00. The monoisotopic (exact) mass is 274 g/mol. The van der Waals surface area contributed by atoms with E-state index in [1.54, 1.807) is 21.0 Å². The molecule has 0 heterocycles. The number of nitrogens with one attached hydrogen (secondary N) is 2. The van der Waals surface area contributed by atoms with Crippen molar-refractivity contribution in [3.05, 3.63) is 0 Å². The standard InChI is InChI=1S/C13H26N2O4/c1-5-7-10(8-19-4)15-12(18)14-9-13(3,6-2)11(16)17/h10H,5-9H2,1-4H3,(H,16,17)(H2,14,15,18). The van der Waals surface area contributed by atoms with Crippen molar-refractivity contribution in [1.82, 2.24) is 10.6 Å². The molecule has 6 nitrogen and oxygen atoms in total. The molecule has 0 saturated heterocycles. The molecule has 0 aromatic rings. The van der Waals surface area contributed by atoms with Gasteiger partial charge >= 0.3 is 12.0 Å². The van der Waals surface area contributed by atoms with Crippen molar-refractivity contribution < 1.29 is 19.4 Å². The first-order chi connectivity index (χ1) is 8.89. The van der Waals surface area contributed by atoms with E-state index in [1.165, 1.54) is 0 Å². The fraction of sp³-hybridized carbons (Fsp3) is 0.846. The second-order valence-corrected chi connectivity index (χ2v) is 4.99. The van der Waals surface area contributed by atoms with Crippen LogP contribution in [0.1, 0.15) is 40.0 Å². The molecule has 0 aliphatic heterocycles. The second-order valence-electron chi connectivity index (χ2n) is 4.99. The summed E-state index contributed by atoms with van der Waals surface area (Å²) in [6, 6.07) is -0.399. The Morgan fingerprint density at radius 3 is 2.42 bits per heavy atom. The first-order valence-corrected chi connectivity index (χ1v) is 6.66. The van der Waals surface area contributed by atoms with Gasteiger partial charge in [-0.2, -0.15) is 0 Å². The third-order valence-corrected chi connectivity index (χ3v) is 3.28. The molecular weight excluding hydrogens is 248 g/mol. The zero-order chi connectivity index (χ0) is 14.9. The smallest absolute Gasteiger partial charge is 0.315 e. The van der Waals surface area contributed by atoms with Gasteiger partial charge in [-0.05, 0) is 19.8 Å². The summed E-state index contributed by atoms with van der Waals surface area (Å²) >= 11 is 0. The number of carboxylic acids is 1. The molecule has 2 amide bonds. The quantitative estimate of drug-likeness (QED) is 0.596. The third kappa shape index (κ3) is 6.42. The van der Waals surface area contributed by atoms with Gasteiger partial charge in [0.1, 0.15) is 0 Å². The van der Waals surface area contributed by atoms with Crippen LogP contribution in [-0.2, 0) is 9.53 Å². The van der Waals surface area contributed by atoms with Crippen molar-refractivity contribution in [2.45, 2.75) is 46.1 Å². The molecule has 0 fully saturated rings. The lowest BCUT2D eigenvalue weighted by Gasteiger charge is -2.24. The molecule has 0 saturated carbocycles. The number of hydrogen-bond donors (Lipinski definition) is 3. The molecule has 2 unspecified atom stereocenters. The van der Waals surface area contributed by atoms with Gasteiger partial charge in [0.05, 0.1) is 18.1 Å². The van der Waals surface area contributed by atoms with Crippen LogP contribution in [0.4, 0.5) is 4.79 Å². The van der Waals surface area contributed by atoms with Crippen LogP contribution in [0.25, 0.3) is 0 Å². The highest BCUT2D eigenvalue weighted by molar-refractivity contribution is 5.77. The molecule has 2 atom stereocenters. The first-order valence-electron chi connectivity index (χ1n) is 6.66. The van der Waals surface area contributed by atoms with Gasteiger partial charge in [-0.3, -0.25) is 4.79 Å².